The van der Waals surface area contributed by atoms with E-state index in [2.05, 4.69) is 20.4 Å². The summed E-state index contributed by atoms with van der Waals surface area (Å²) in [6.45, 7) is 0.255. The van der Waals surface area contributed by atoms with Crippen molar-refractivity contribution in [3.05, 3.63) is 58.5 Å². The summed E-state index contributed by atoms with van der Waals surface area (Å²) in [5, 5.41) is 25.9. The predicted molar refractivity (Wildman–Crippen MR) is 89.2 cm³/mol. The molecule has 3 heterocycles. The van der Waals surface area contributed by atoms with Gasteiger partial charge in [0.15, 0.2) is 0 Å². The number of rotatable bonds is 5. The first-order valence-electron chi connectivity index (χ1n) is 7.45. The van der Waals surface area contributed by atoms with Gasteiger partial charge in [0.1, 0.15) is 24.6 Å². The molecule has 3 aromatic rings. The van der Waals surface area contributed by atoms with Gasteiger partial charge in [-0.15, -0.1) is 27.1 Å². The largest absolute Gasteiger partial charge is 0.406 e. The highest BCUT2D eigenvalue weighted by atomic mass is 32.2. The molecular weight excluding hydrogens is 362 g/mol. The maximum Gasteiger partial charge on any atom is 0.326 e. The van der Waals surface area contributed by atoms with Gasteiger partial charge in [0.05, 0.1) is 16.2 Å². The van der Waals surface area contributed by atoms with Crippen LogP contribution in [0.2, 0.25) is 0 Å². The number of hydrogen-bond donors (Lipinski definition) is 0. The van der Waals surface area contributed by atoms with Crippen molar-refractivity contribution in [3.63, 3.8) is 0 Å². The molecule has 1 unspecified atom stereocenters. The minimum Gasteiger partial charge on any atom is -0.406 e. The lowest BCUT2D eigenvalue weighted by molar-refractivity contribution is -0.385. The fraction of sp³-hybridized carbons (Fsp3) is 0.214. The SMILES string of the molecule is O=C1CSC(c2ccccc2[N+](=O)[O-])N1c1nnc(Cn2cnnc2)o1. The Balaban J connectivity index is 1.65. The highest BCUT2D eigenvalue weighted by molar-refractivity contribution is 8.00. The van der Waals surface area contributed by atoms with Gasteiger partial charge in [-0.25, -0.2) is 4.90 Å². The van der Waals surface area contributed by atoms with Crippen LogP contribution in [0.5, 0.6) is 0 Å². The third kappa shape index (κ3) is 2.90. The Hall–Kier alpha value is -3.28. The van der Waals surface area contributed by atoms with Gasteiger partial charge in [-0.1, -0.05) is 17.2 Å². The summed E-state index contributed by atoms with van der Waals surface area (Å²) in [7, 11) is 0. The van der Waals surface area contributed by atoms with Crippen LogP contribution >= 0.6 is 11.8 Å². The number of thioether (sulfide) groups is 1. The molecule has 1 aromatic carbocycles. The van der Waals surface area contributed by atoms with Crippen molar-refractivity contribution < 1.29 is 14.1 Å². The standard InChI is InChI=1S/C14H11N7O4S/c22-12-6-26-13(9-3-1-2-4-10(9)21(23)24)20(12)14-18-17-11(25-14)5-19-7-15-16-8-19/h1-4,7-8,13H,5-6H2. The second kappa shape index (κ2) is 6.55. The Morgan fingerprint density at radius 1 is 1.27 bits per heavy atom. The maximum atomic E-state index is 12.3. The van der Waals surface area contributed by atoms with E-state index in [1.165, 1.54) is 35.4 Å². The van der Waals surface area contributed by atoms with Crippen LogP contribution < -0.4 is 4.90 Å². The summed E-state index contributed by atoms with van der Waals surface area (Å²) in [5.74, 6) is 0.184. The molecule has 0 N–H and O–H groups in total. The molecule has 0 aliphatic carbocycles. The molecular formula is C14H11N7O4S. The van der Waals surface area contributed by atoms with Crippen molar-refractivity contribution in [1.82, 2.24) is 25.0 Å². The molecule has 4 rings (SSSR count). The van der Waals surface area contributed by atoms with Crippen LogP contribution in [0.4, 0.5) is 11.7 Å². The number of carbonyl (C=O) groups excluding carboxylic acids is 1. The van der Waals surface area contributed by atoms with Crippen molar-refractivity contribution in [3.8, 4) is 0 Å². The van der Waals surface area contributed by atoms with E-state index in [-0.39, 0.29) is 35.8 Å². The van der Waals surface area contributed by atoms with Crippen LogP contribution in [0, 0.1) is 10.1 Å². The third-order valence-electron chi connectivity index (χ3n) is 3.71. The molecule has 2 aromatic heterocycles. The smallest absolute Gasteiger partial charge is 0.326 e. The number of aromatic nitrogens is 5. The zero-order chi connectivity index (χ0) is 18.1. The number of nitrogens with zero attached hydrogens (tertiary/aromatic N) is 7. The molecule has 1 amide bonds. The fourth-order valence-electron chi connectivity index (χ4n) is 2.59. The van der Waals surface area contributed by atoms with Crippen LogP contribution in [0.15, 0.2) is 41.3 Å². The Labute approximate surface area is 150 Å². The number of nitro groups is 1. The van der Waals surface area contributed by atoms with Crippen molar-refractivity contribution in [2.24, 2.45) is 0 Å². The van der Waals surface area contributed by atoms with Gasteiger partial charge in [0, 0.05) is 6.07 Å². The predicted octanol–water partition coefficient (Wildman–Crippen LogP) is 1.40. The van der Waals surface area contributed by atoms with E-state index in [9.17, 15) is 14.9 Å². The van der Waals surface area contributed by atoms with Gasteiger partial charge in [-0.2, -0.15) is 0 Å². The lowest BCUT2D eigenvalue weighted by atomic mass is 10.1. The molecule has 0 saturated carbocycles. The summed E-state index contributed by atoms with van der Waals surface area (Å²) in [6, 6.07) is 6.30. The quantitative estimate of drug-likeness (QED) is 0.480. The molecule has 1 saturated heterocycles. The Kier molecular flexibility index (Phi) is 4.08. The van der Waals surface area contributed by atoms with Gasteiger partial charge >= 0.3 is 6.01 Å². The number of nitro benzene ring substituents is 1. The summed E-state index contributed by atoms with van der Waals surface area (Å²) in [6.07, 6.45) is 2.99. The second-order valence-electron chi connectivity index (χ2n) is 5.36. The maximum absolute atomic E-state index is 12.3. The topological polar surface area (TPSA) is 133 Å². The lowest BCUT2D eigenvalue weighted by Gasteiger charge is -2.19. The molecule has 0 radical (unpaired) electrons. The van der Waals surface area contributed by atoms with E-state index in [0.717, 1.165) is 0 Å². The lowest BCUT2D eigenvalue weighted by Crippen LogP contribution is -2.28. The van der Waals surface area contributed by atoms with E-state index in [1.807, 2.05) is 0 Å². The van der Waals surface area contributed by atoms with E-state index in [1.54, 1.807) is 22.8 Å². The molecule has 1 atom stereocenters. The van der Waals surface area contributed by atoms with Crippen molar-refractivity contribution >= 4 is 29.4 Å². The van der Waals surface area contributed by atoms with E-state index in [4.69, 9.17) is 4.42 Å². The first-order chi connectivity index (χ1) is 12.6. The number of amides is 1. The highest BCUT2D eigenvalue weighted by Crippen LogP contribution is 2.44. The van der Waals surface area contributed by atoms with E-state index < -0.39 is 10.3 Å². The Morgan fingerprint density at radius 2 is 2.04 bits per heavy atom. The summed E-state index contributed by atoms with van der Waals surface area (Å²) in [5.41, 5.74) is 0.348. The average Bonchev–Trinajstić information content (AvgIpc) is 3.37. The first kappa shape index (κ1) is 16.2. The molecule has 1 aliphatic rings. The number of hydrogen-bond acceptors (Lipinski definition) is 9. The summed E-state index contributed by atoms with van der Waals surface area (Å²) >= 11 is 1.27. The zero-order valence-corrected chi connectivity index (χ0v) is 13.9. The minimum absolute atomic E-state index is 0.00576. The van der Waals surface area contributed by atoms with Crippen LogP contribution in [-0.2, 0) is 11.3 Å². The fourth-order valence-corrected chi connectivity index (χ4v) is 3.76. The number of para-hydroxylation sites is 1. The molecule has 12 heteroatoms. The van der Waals surface area contributed by atoms with Gasteiger partial charge in [-0.05, 0) is 6.07 Å². The Bertz CT molecular complexity index is 958. The zero-order valence-electron chi connectivity index (χ0n) is 13.1. The highest BCUT2D eigenvalue weighted by Gasteiger charge is 2.40. The number of anilines is 1. The van der Waals surface area contributed by atoms with E-state index >= 15 is 0 Å². The third-order valence-corrected chi connectivity index (χ3v) is 4.91. The molecule has 0 spiro atoms. The van der Waals surface area contributed by atoms with Crippen LogP contribution in [0.1, 0.15) is 16.8 Å². The monoisotopic (exact) mass is 373 g/mol. The molecule has 132 valence electrons. The second-order valence-corrected chi connectivity index (χ2v) is 6.42. The number of benzene rings is 1. The summed E-state index contributed by atoms with van der Waals surface area (Å²) < 4.78 is 7.22. The van der Waals surface area contributed by atoms with Gasteiger partial charge in [0.2, 0.25) is 11.8 Å². The van der Waals surface area contributed by atoms with Crippen molar-refractivity contribution in [2.75, 3.05) is 10.7 Å². The molecule has 11 nitrogen and oxygen atoms in total. The van der Waals surface area contributed by atoms with Gasteiger partial charge in [-0.3, -0.25) is 14.9 Å². The minimum atomic E-state index is -0.604. The molecule has 26 heavy (non-hydrogen) atoms. The first-order valence-corrected chi connectivity index (χ1v) is 8.50. The normalized spacial score (nSPS) is 17.0. The average molecular weight is 373 g/mol. The summed E-state index contributed by atoms with van der Waals surface area (Å²) in [4.78, 5) is 24.5. The van der Waals surface area contributed by atoms with Crippen LogP contribution in [0.25, 0.3) is 0 Å². The number of carbonyl (C=O) groups is 1. The van der Waals surface area contributed by atoms with Crippen molar-refractivity contribution in [2.45, 2.75) is 11.9 Å². The van der Waals surface area contributed by atoms with Crippen LogP contribution in [0.3, 0.4) is 0 Å². The van der Waals surface area contributed by atoms with Crippen LogP contribution in [-0.4, -0.2) is 41.5 Å². The molecule has 1 fully saturated rings. The van der Waals surface area contributed by atoms with E-state index in [0.29, 0.717) is 5.56 Å². The van der Waals surface area contributed by atoms with Gasteiger partial charge in [0.25, 0.3) is 5.69 Å². The molecule has 1 aliphatic heterocycles. The van der Waals surface area contributed by atoms with Crippen molar-refractivity contribution in [1.29, 1.82) is 0 Å². The Morgan fingerprint density at radius 3 is 2.81 bits per heavy atom. The molecule has 0 bridgehead atoms. The van der Waals surface area contributed by atoms with Gasteiger partial charge < -0.3 is 8.98 Å².